The van der Waals surface area contributed by atoms with Crippen LogP contribution in [0.3, 0.4) is 0 Å². The normalized spacial score (nSPS) is 41.2. The molecule has 152 valence electrons. The number of amides is 1. The van der Waals surface area contributed by atoms with Crippen LogP contribution in [0.15, 0.2) is 30.3 Å². The Balaban J connectivity index is 1.28. The molecule has 28 heavy (non-hydrogen) atoms. The fourth-order valence-electron chi connectivity index (χ4n) is 8.28. The molecule has 5 fully saturated rings. The molecule has 1 aliphatic heterocycles. The van der Waals surface area contributed by atoms with Gasteiger partial charge in [-0.25, -0.2) is 0 Å². The first-order valence-corrected chi connectivity index (χ1v) is 11.4. The second-order valence-electron chi connectivity index (χ2n) is 11.3. The van der Waals surface area contributed by atoms with Crippen molar-refractivity contribution in [3.63, 3.8) is 0 Å². The van der Waals surface area contributed by atoms with Crippen molar-refractivity contribution in [1.82, 2.24) is 9.80 Å². The van der Waals surface area contributed by atoms with Gasteiger partial charge in [-0.1, -0.05) is 44.2 Å². The van der Waals surface area contributed by atoms with Gasteiger partial charge in [0.1, 0.15) is 0 Å². The third-order valence-electron chi connectivity index (χ3n) is 8.51. The molecule has 3 nitrogen and oxygen atoms in total. The van der Waals surface area contributed by atoms with Crippen LogP contribution in [0.1, 0.15) is 70.9 Å². The summed E-state index contributed by atoms with van der Waals surface area (Å²) >= 11 is 0. The zero-order valence-corrected chi connectivity index (χ0v) is 17.9. The predicted octanol–water partition coefficient (Wildman–Crippen LogP) is 4.89. The Bertz CT molecular complexity index is 733. The van der Waals surface area contributed by atoms with Crippen LogP contribution < -0.4 is 0 Å². The smallest absolute Gasteiger partial charge is 0.228 e. The van der Waals surface area contributed by atoms with Crippen LogP contribution in [-0.2, 0) is 4.79 Å². The van der Waals surface area contributed by atoms with E-state index in [4.69, 9.17) is 0 Å². The standard InChI is InChI=1S/C25H36N2O/c1-19(21-7-5-4-6-8-21)26-9-11-27(12-10-26)22(28)25-15-20-13-23(2,17-25)16-24(3,14-20)18-25/h4-8,19-20H,9-18H2,1-3H3. The lowest BCUT2D eigenvalue weighted by Crippen LogP contribution is -2.62. The van der Waals surface area contributed by atoms with E-state index in [1.807, 2.05) is 0 Å². The van der Waals surface area contributed by atoms with Gasteiger partial charge in [-0.15, -0.1) is 0 Å². The number of piperazine rings is 1. The van der Waals surface area contributed by atoms with Crippen LogP contribution in [0.5, 0.6) is 0 Å². The highest BCUT2D eigenvalue weighted by Gasteiger charge is 2.63. The fourth-order valence-corrected chi connectivity index (χ4v) is 8.28. The quantitative estimate of drug-likeness (QED) is 0.745. The van der Waals surface area contributed by atoms with Gasteiger partial charge >= 0.3 is 0 Å². The third kappa shape index (κ3) is 3.01. The van der Waals surface area contributed by atoms with E-state index in [-0.39, 0.29) is 5.41 Å². The Hall–Kier alpha value is -1.35. The molecular weight excluding hydrogens is 344 g/mol. The third-order valence-corrected chi connectivity index (χ3v) is 8.51. The maximum atomic E-state index is 13.8. The summed E-state index contributed by atoms with van der Waals surface area (Å²) in [5.41, 5.74) is 2.15. The Labute approximate surface area is 170 Å². The van der Waals surface area contributed by atoms with E-state index in [1.54, 1.807) is 0 Å². The van der Waals surface area contributed by atoms with Gasteiger partial charge in [-0.2, -0.15) is 0 Å². The molecule has 1 amide bonds. The number of benzene rings is 1. The van der Waals surface area contributed by atoms with Gasteiger partial charge < -0.3 is 4.90 Å². The fraction of sp³-hybridized carbons (Fsp3) is 0.720. The zero-order chi connectivity index (χ0) is 19.6. The summed E-state index contributed by atoms with van der Waals surface area (Å²) in [7, 11) is 0. The molecule has 4 bridgehead atoms. The monoisotopic (exact) mass is 380 g/mol. The van der Waals surface area contributed by atoms with Gasteiger partial charge in [0, 0.05) is 32.2 Å². The molecule has 0 spiro atoms. The van der Waals surface area contributed by atoms with Crippen LogP contribution in [0.2, 0.25) is 0 Å². The number of carbonyl (C=O) groups excluding carboxylic acids is 1. The summed E-state index contributed by atoms with van der Waals surface area (Å²) in [5, 5.41) is 0. The van der Waals surface area contributed by atoms with Gasteiger partial charge in [0.05, 0.1) is 5.41 Å². The zero-order valence-electron chi connectivity index (χ0n) is 17.9. The highest BCUT2D eigenvalue weighted by Crippen LogP contribution is 2.69. The van der Waals surface area contributed by atoms with Crippen LogP contribution in [0, 0.1) is 22.2 Å². The highest BCUT2D eigenvalue weighted by atomic mass is 16.2. The van der Waals surface area contributed by atoms with Crippen molar-refractivity contribution in [3.05, 3.63) is 35.9 Å². The molecule has 4 aliphatic carbocycles. The first kappa shape index (κ1) is 18.7. The first-order chi connectivity index (χ1) is 13.3. The molecule has 0 radical (unpaired) electrons. The largest absolute Gasteiger partial charge is 0.340 e. The minimum atomic E-state index is -0.0455. The molecule has 3 atom stereocenters. The van der Waals surface area contributed by atoms with Crippen LogP contribution in [0.25, 0.3) is 0 Å². The maximum Gasteiger partial charge on any atom is 0.228 e. The lowest BCUT2D eigenvalue weighted by atomic mass is 9.40. The topological polar surface area (TPSA) is 23.6 Å². The van der Waals surface area contributed by atoms with E-state index in [0.717, 1.165) is 51.4 Å². The molecule has 0 N–H and O–H groups in total. The molecule has 5 aliphatic rings. The molecule has 1 saturated heterocycles. The summed E-state index contributed by atoms with van der Waals surface area (Å²) in [4.78, 5) is 18.6. The minimum Gasteiger partial charge on any atom is -0.340 e. The van der Waals surface area contributed by atoms with Gasteiger partial charge in [-0.05, 0) is 67.8 Å². The lowest BCUT2D eigenvalue weighted by Gasteiger charge is -2.65. The van der Waals surface area contributed by atoms with Crippen molar-refractivity contribution in [2.45, 2.75) is 65.3 Å². The van der Waals surface area contributed by atoms with E-state index >= 15 is 0 Å². The van der Waals surface area contributed by atoms with E-state index in [2.05, 4.69) is 60.9 Å². The van der Waals surface area contributed by atoms with Crippen LogP contribution in [-0.4, -0.2) is 41.9 Å². The van der Waals surface area contributed by atoms with Crippen molar-refractivity contribution in [2.24, 2.45) is 22.2 Å². The molecule has 1 aromatic rings. The molecule has 1 heterocycles. The van der Waals surface area contributed by atoms with E-state index in [1.165, 1.54) is 24.8 Å². The Kier molecular flexibility index (Phi) is 4.21. The Morgan fingerprint density at radius 1 is 0.929 bits per heavy atom. The van der Waals surface area contributed by atoms with Gasteiger partial charge in [-0.3, -0.25) is 9.69 Å². The van der Waals surface area contributed by atoms with Crippen molar-refractivity contribution in [1.29, 1.82) is 0 Å². The average molecular weight is 381 g/mol. The summed E-state index contributed by atoms with van der Waals surface area (Å²) in [6.45, 7) is 11.0. The maximum absolute atomic E-state index is 13.8. The van der Waals surface area contributed by atoms with Crippen molar-refractivity contribution in [3.8, 4) is 0 Å². The highest BCUT2D eigenvalue weighted by molar-refractivity contribution is 5.83. The molecule has 6 rings (SSSR count). The van der Waals surface area contributed by atoms with Crippen molar-refractivity contribution in [2.75, 3.05) is 26.2 Å². The number of carbonyl (C=O) groups is 1. The van der Waals surface area contributed by atoms with Gasteiger partial charge in [0.2, 0.25) is 5.91 Å². The summed E-state index contributed by atoms with van der Waals surface area (Å²) in [6.07, 6.45) is 7.52. The SMILES string of the molecule is CC(c1ccccc1)N1CCN(C(=O)C23CC4CC(C)(CC(C)(C4)C2)C3)CC1. The number of nitrogens with zero attached hydrogens (tertiary/aromatic N) is 2. The molecule has 3 unspecified atom stereocenters. The lowest BCUT2D eigenvalue weighted by molar-refractivity contribution is -0.181. The average Bonchev–Trinajstić information content (AvgIpc) is 2.65. The predicted molar refractivity (Wildman–Crippen MR) is 113 cm³/mol. The second kappa shape index (κ2) is 6.32. The van der Waals surface area contributed by atoms with Gasteiger partial charge in [0.15, 0.2) is 0 Å². The van der Waals surface area contributed by atoms with E-state index < -0.39 is 0 Å². The second-order valence-corrected chi connectivity index (χ2v) is 11.3. The summed E-state index contributed by atoms with van der Waals surface area (Å²) in [6, 6.07) is 11.2. The number of rotatable bonds is 3. The van der Waals surface area contributed by atoms with Crippen molar-refractivity contribution < 1.29 is 4.79 Å². The van der Waals surface area contributed by atoms with E-state index in [9.17, 15) is 4.79 Å². The molecule has 1 aromatic carbocycles. The number of hydrogen-bond donors (Lipinski definition) is 0. The van der Waals surface area contributed by atoms with Gasteiger partial charge in [0.25, 0.3) is 0 Å². The summed E-state index contributed by atoms with van der Waals surface area (Å²) in [5.74, 6) is 1.29. The molecule has 3 heteroatoms. The molecular formula is C25H36N2O. The van der Waals surface area contributed by atoms with Crippen molar-refractivity contribution >= 4 is 5.91 Å². The van der Waals surface area contributed by atoms with E-state index in [0.29, 0.717) is 22.8 Å². The Morgan fingerprint density at radius 3 is 2.11 bits per heavy atom. The first-order valence-electron chi connectivity index (χ1n) is 11.4. The Morgan fingerprint density at radius 2 is 1.54 bits per heavy atom. The molecule has 0 aromatic heterocycles. The molecule has 4 saturated carbocycles. The number of hydrogen-bond acceptors (Lipinski definition) is 2. The minimum absolute atomic E-state index is 0.0455. The van der Waals surface area contributed by atoms with Crippen LogP contribution in [0.4, 0.5) is 0 Å². The summed E-state index contributed by atoms with van der Waals surface area (Å²) < 4.78 is 0. The van der Waals surface area contributed by atoms with Crippen LogP contribution >= 0.6 is 0 Å².